The van der Waals surface area contributed by atoms with Crippen LogP contribution in [0, 0.1) is 0 Å². The molecule has 8 heteroatoms. The first-order valence-corrected chi connectivity index (χ1v) is 9.71. The Morgan fingerprint density at radius 1 is 1.24 bits per heavy atom. The molecule has 7 nitrogen and oxygen atoms in total. The SMILES string of the molecule is CCN1C(=O)c2ccccc2N2C(=O)CC[C@]12C(=O)Nc1ccc(OC)c(Cl)c1. The highest BCUT2D eigenvalue weighted by atomic mass is 35.5. The van der Waals surface area contributed by atoms with E-state index < -0.39 is 11.6 Å². The molecule has 0 unspecified atom stereocenters. The predicted octanol–water partition coefficient (Wildman–Crippen LogP) is 3.29. The molecule has 2 aliphatic heterocycles. The summed E-state index contributed by atoms with van der Waals surface area (Å²) in [6.45, 7) is 2.08. The summed E-state index contributed by atoms with van der Waals surface area (Å²) in [7, 11) is 1.50. The monoisotopic (exact) mass is 413 g/mol. The minimum Gasteiger partial charge on any atom is -0.495 e. The number of fused-ring (bicyclic) bond motifs is 3. The average molecular weight is 414 g/mol. The van der Waals surface area contributed by atoms with E-state index in [9.17, 15) is 14.4 Å². The Balaban J connectivity index is 1.79. The molecule has 2 aromatic carbocycles. The van der Waals surface area contributed by atoms with Crippen LogP contribution >= 0.6 is 11.6 Å². The Morgan fingerprint density at radius 2 is 2.00 bits per heavy atom. The van der Waals surface area contributed by atoms with Crippen LogP contribution in [0.15, 0.2) is 42.5 Å². The first-order valence-electron chi connectivity index (χ1n) is 9.33. The van der Waals surface area contributed by atoms with Crippen LogP contribution in [-0.4, -0.2) is 41.9 Å². The minimum atomic E-state index is -1.41. The van der Waals surface area contributed by atoms with Crippen molar-refractivity contribution in [2.24, 2.45) is 0 Å². The van der Waals surface area contributed by atoms with Crippen molar-refractivity contribution in [3.63, 3.8) is 0 Å². The quantitative estimate of drug-likeness (QED) is 0.834. The number of nitrogens with zero attached hydrogens (tertiary/aromatic N) is 2. The van der Waals surface area contributed by atoms with Crippen LogP contribution < -0.4 is 15.0 Å². The zero-order chi connectivity index (χ0) is 20.8. The normalized spacial score (nSPS) is 20.4. The first kappa shape index (κ1) is 19.3. The fourth-order valence-electron chi connectivity index (χ4n) is 4.18. The molecule has 150 valence electrons. The number of hydrogen-bond acceptors (Lipinski definition) is 4. The van der Waals surface area contributed by atoms with Gasteiger partial charge in [0.25, 0.3) is 11.8 Å². The highest BCUT2D eigenvalue weighted by Gasteiger charge is 2.60. The molecule has 0 spiro atoms. The molecular weight excluding hydrogens is 394 g/mol. The second kappa shape index (κ2) is 7.08. The molecule has 1 atom stereocenters. The van der Waals surface area contributed by atoms with E-state index in [0.717, 1.165) is 0 Å². The molecule has 1 saturated heterocycles. The van der Waals surface area contributed by atoms with E-state index in [1.165, 1.54) is 16.9 Å². The summed E-state index contributed by atoms with van der Waals surface area (Å²) in [6, 6.07) is 11.8. The van der Waals surface area contributed by atoms with Crippen molar-refractivity contribution in [2.45, 2.75) is 25.4 Å². The van der Waals surface area contributed by atoms with E-state index in [0.29, 0.717) is 27.7 Å². The van der Waals surface area contributed by atoms with Gasteiger partial charge in [-0.2, -0.15) is 0 Å². The second-order valence-electron chi connectivity index (χ2n) is 6.92. The van der Waals surface area contributed by atoms with E-state index in [1.807, 2.05) is 0 Å². The molecule has 2 aliphatic rings. The van der Waals surface area contributed by atoms with Gasteiger partial charge < -0.3 is 15.0 Å². The number of likely N-dealkylation sites (N-methyl/N-ethyl adjacent to an activating group) is 1. The lowest BCUT2D eigenvalue weighted by molar-refractivity contribution is -0.128. The van der Waals surface area contributed by atoms with Crippen molar-refractivity contribution in [3.8, 4) is 5.75 Å². The third-order valence-corrected chi connectivity index (χ3v) is 5.76. The van der Waals surface area contributed by atoms with Crippen LogP contribution in [0.3, 0.4) is 0 Å². The summed E-state index contributed by atoms with van der Waals surface area (Å²) in [5.41, 5.74) is -0.0751. The van der Waals surface area contributed by atoms with Gasteiger partial charge in [0.1, 0.15) is 5.75 Å². The van der Waals surface area contributed by atoms with Crippen molar-refractivity contribution < 1.29 is 19.1 Å². The maximum absolute atomic E-state index is 13.5. The molecule has 0 bridgehead atoms. The fourth-order valence-corrected chi connectivity index (χ4v) is 4.44. The zero-order valence-corrected chi connectivity index (χ0v) is 16.8. The lowest BCUT2D eigenvalue weighted by Crippen LogP contribution is -2.69. The standard InChI is InChI=1S/C21H20ClN3O4/c1-3-24-19(27)14-6-4-5-7-16(14)25-18(26)10-11-21(24,25)20(28)23-13-8-9-17(29-2)15(22)12-13/h4-9,12H,3,10-11H2,1-2H3,(H,23,28)/t21-/m0/s1. The van der Waals surface area contributed by atoms with Crippen molar-refractivity contribution in [3.05, 3.63) is 53.1 Å². The van der Waals surface area contributed by atoms with E-state index in [2.05, 4.69) is 5.32 Å². The lowest BCUT2D eigenvalue weighted by Gasteiger charge is -2.48. The van der Waals surface area contributed by atoms with Gasteiger partial charge in [-0.1, -0.05) is 23.7 Å². The fraction of sp³-hybridized carbons (Fsp3) is 0.286. The Labute approximate surface area is 173 Å². The summed E-state index contributed by atoms with van der Waals surface area (Å²) in [5, 5.41) is 3.18. The van der Waals surface area contributed by atoms with Crippen molar-refractivity contribution in [1.82, 2.24) is 4.90 Å². The summed E-state index contributed by atoms with van der Waals surface area (Å²) >= 11 is 6.17. The average Bonchev–Trinajstić information content (AvgIpc) is 3.07. The first-order chi connectivity index (χ1) is 13.9. The van der Waals surface area contributed by atoms with E-state index in [4.69, 9.17) is 16.3 Å². The van der Waals surface area contributed by atoms with Crippen molar-refractivity contribution >= 4 is 40.7 Å². The number of carbonyl (C=O) groups is 3. The number of halogens is 1. The molecule has 2 heterocycles. The molecule has 4 rings (SSSR count). The van der Waals surface area contributed by atoms with Crippen LogP contribution in [0.1, 0.15) is 30.1 Å². The Morgan fingerprint density at radius 3 is 2.69 bits per heavy atom. The van der Waals surface area contributed by atoms with Gasteiger partial charge >= 0.3 is 0 Å². The summed E-state index contributed by atoms with van der Waals surface area (Å²) in [6.07, 6.45) is 0.393. The summed E-state index contributed by atoms with van der Waals surface area (Å²) in [4.78, 5) is 42.4. The molecule has 29 heavy (non-hydrogen) atoms. The number of nitrogens with one attached hydrogen (secondary N) is 1. The summed E-state index contributed by atoms with van der Waals surface area (Å²) in [5.74, 6) is -0.421. The van der Waals surface area contributed by atoms with E-state index in [1.54, 1.807) is 49.4 Å². The maximum Gasteiger partial charge on any atom is 0.271 e. The van der Waals surface area contributed by atoms with E-state index in [-0.39, 0.29) is 31.2 Å². The lowest BCUT2D eigenvalue weighted by atomic mass is 9.95. The van der Waals surface area contributed by atoms with Crippen LogP contribution in [0.4, 0.5) is 11.4 Å². The summed E-state index contributed by atoms with van der Waals surface area (Å²) < 4.78 is 5.14. The van der Waals surface area contributed by atoms with Gasteiger partial charge in [0, 0.05) is 25.1 Å². The molecule has 3 amide bonds. The molecule has 0 radical (unpaired) electrons. The molecule has 0 aliphatic carbocycles. The van der Waals surface area contributed by atoms with Gasteiger partial charge in [-0.3, -0.25) is 19.3 Å². The number of hydrogen-bond donors (Lipinski definition) is 1. The number of ether oxygens (including phenoxy) is 1. The van der Waals surface area contributed by atoms with Crippen LogP contribution in [-0.2, 0) is 9.59 Å². The number of carbonyl (C=O) groups excluding carboxylic acids is 3. The highest BCUT2D eigenvalue weighted by molar-refractivity contribution is 6.32. The smallest absolute Gasteiger partial charge is 0.271 e. The highest BCUT2D eigenvalue weighted by Crippen LogP contribution is 2.45. The Kier molecular flexibility index (Phi) is 4.70. The number of para-hydroxylation sites is 1. The largest absolute Gasteiger partial charge is 0.495 e. The van der Waals surface area contributed by atoms with Gasteiger partial charge in [-0.15, -0.1) is 0 Å². The number of anilines is 2. The molecular formula is C21H20ClN3O4. The molecule has 0 saturated carbocycles. The van der Waals surface area contributed by atoms with Gasteiger partial charge in [0.05, 0.1) is 23.4 Å². The molecule has 1 N–H and O–H groups in total. The third-order valence-electron chi connectivity index (χ3n) is 5.46. The van der Waals surface area contributed by atoms with Crippen LogP contribution in [0.2, 0.25) is 5.02 Å². The van der Waals surface area contributed by atoms with Gasteiger partial charge in [0.2, 0.25) is 11.6 Å². The maximum atomic E-state index is 13.5. The predicted molar refractivity (Wildman–Crippen MR) is 109 cm³/mol. The molecule has 2 aromatic rings. The molecule has 0 aromatic heterocycles. The van der Waals surface area contributed by atoms with Crippen LogP contribution in [0.5, 0.6) is 5.75 Å². The van der Waals surface area contributed by atoms with Gasteiger partial charge in [-0.25, -0.2) is 0 Å². The third kappa shape index (κ3) is 2.76. The van der Waals surface area contributed by atoms with E-state index >= 15 is 0 Å². The molecule has 1 fully saturated rings. The van der Waals surface area contributed by atoms with Crippen molar-refractivity contribution in [1.29, 1.82) is 0 Å². The second-order valence-corrected chi connectivity index (χ2v) is 7.32. The zero-order valence-electron chi connectivity index (χ0n) is 16.1. The topological polar surface area (TPSA) is 79.0 Å². The Bertz CT molecular complexity index is 1020. The number of benzene rings is 2. The number of methoxy groups -OCH3 is 1. The number of rotatable bonds is 4. The Hall–Kier alpha value is -3.06. The van der Waals surface area contributed by atoms with Gasteiger partial charge in [-0.05, 0) is 37.3 Å². The van der Waals surface area contributed by atoms with Crippen molar-refractivity contribution in [2.75, 3.05) is 23.9 Å². The minimum absolute atomic E-state index is 0.175. The van der Waals surface area contributed by atoms with Gasteiger partial charge in [0.15, 0.2) is 0 Å². The number of amides is 3. The van der Waals surface area contributed by atoms with Crippen LogP contribution in [0.25, 0.3) is 0 Å².